The van der Waals surface area contributed by atoms with E-state index in [0.29, 0.717) is 17.2 Å². The molecule has 0 saturated carbocycles. The Labute approximate surface area is 104 Å². The highest BCUT2D eigenvalue weighted by Crippen LogP contribution is 2.28. The maximum atomic E-state index is 13.2. The van der Waals surface area contributed by atoms with Crippen molar-refractivity contribution in [1.82, 2.24) is 0 Å². The second kappa shape index (κ2) is 4.63. The van der Waals surface area contributed by atoms with E-state index in [9.17, 15) is 4.39 Å². The highest BCUT2D eigenvalue weighted by atomic mass is 35.5. The number of halogens is 2. The van der Waals surface area contributed by atoms with Crippen molar-refractivity contribution >= 4 is 17.3 Å². The maximum absolute atomic E-state index is 13.2. The minimum Gasteiger partial charge on any atom is -0.457 e. The molecule has 2 aromatic rings. The van der Waals surface area contributed by atoms with Crippen molar-refractivity contribution in [2.45, 2.75) is 6.92 Å². The Morgan fingerprint density at radius 1 is 1.18 bits per heavy atom. The molecule has 0 bridgehead atoms. The highest BCUT2D eigenvalue weighted by Gasteiger charge is 2.05. The first kappa shape index (κ1) is 11.7. The molecule has 0 aliphatic heterocycles. The maximum Gasteiger partial charge on any atom is 0.145 e. The van der Waals surface area contributed by atoms with E-state index in [2.05, 4.69) is 0 Å². The van der Waals surface area contributed by atoms with Crippen LogP contribution in [0.1, 0.15) is 5.56 Å². The highest BCUT2D eigenvalue weighted by molar-refractivity contribution is 6.30. The molecule has 0 saturated heterocycles. The van der Waals surface area contributed by atoms with E-state index in [4.69, 9.17) is 22.1 Å². The standard InChI is InChI=1S/C13H11ClFNO/c1-8-6-9(16)2-5-13(8)17-10-3-4-11(14)12(15)7-10/h2-7H,16H2,1H3. The predicted molar refractivity (Wildman–Crippen MR) is 67.1 cm³/mol. The van der Waals surface area contributed by atoms with Gasteiger partial charge in [0, 0.05) is 11.8 Å². The number of benzene rings is 2. The third kappa shape index (κ3) is 2.68. The van der Waals surface area contributed by atoms with Crippen LogP contribution in [0.3, 0.4) is 0 Å². The smallest absolute Gasteiger partial charge is 0.145 e. The van der Waals surface area contributed by atoms with Crippen molar-refractivity contribution in [1.29, 1.82) is 0 Å². The summed E-state index contributed by atoms with van der Waals surface area (Å²) in [6.07, 6.45) is 0. The molecule has 17 heavy (non-hydrogen) atoms. The van der Waals surface area contributed by atoms with Crippen LogP contribution in [0.5, 0.6) is 11.5 Å². The molecule has 0 aromatic heterocycles. The summed E-state index contributed by atoms with van der Waals surface area (Å²) in [6.45, 7) is 1.87. The number of rotatable bonds is 2. The van der Waals surface area contributed by atoms with E-state index in [0.717, 1.165) is 5.56 Å². The SMILES string of the molecule is Cc1cc(N)ccc1Oc1ccc(Cl)c(F)c1. The van der Waals surface area contributed by atoms with Gasteiger partial charge in [-0.1, -0.05) is 11.6 Å². The van der Waals surface area contributed by atoms with Crippen LogP contribution in [0.15, 0.2) is 36.4 Å². The molecule has 0 unspecified atom stereocenters. The van der Waals surface area contributed by atoms with Gasteiger partial charge in [-0.3, -0.25) is 0 Å². The second-order valence-corrected chi connectivity index (χ2v) is 4.11. The van der Waals surface area contributed by atoms with Crippen LogP contribution in [0.4, 0.5) is 10.1 Å². The van der Waals surface area contributed by atoms with E-state index >= 15 is 0 Å². The van der Waals surface area contributed by atoms with Gasteiger partial charge in [0.2, 0.25) is 0 Å². The lowest BCUT2D eigenvalue weighted by atomic mass is 10.2. The average Bonchev–Trinajstić information content (AvgIpc) is 2.27. The van der Waals surface area contributed by atoms with E-state index in [1.807, 2.05) is 6.92 Å². The van der Waals surface area contributed by atoms with E-state index in [1.165, 1.54) is 12.1 Å². The van der Waals surface area contributed by atoms with Gasteiger partial charge >= 0.3 is 0 Å². The van der Waals surface area contributed by atoms with Crippen LogP contribution in [0.25, 0.3) is 0 Å². The Hall–Kier alpha value is -1.74. The predicted octanol–water partition coefficient (Wildman–Crippen LogP) is 4.16. The topological polar surface area (TPSA) is 35.2 Å². The minimum absolute atomic E-state index is 0.0754. The summed E-state index contributed by atoms with van der Waals surface area (Å²) in [7, 11) is 0. The van der Waals surface area contributed by atoms with Crippen molar-refractivity contribution < 1.29 is 9.13 Å². The molecule has 2 rings (SSSR count). The number of nitrogens with two attached hydrogens (primary N) is 1. The molecular formula is C13H11ClFNO. The summed E-state index contributed by atoms with van der Waals surface area (Å²) in [5, 5.41) is 0.0754. The van der Waals surface area contributed by atoms with Gasteiger partial charge in [0.25, 0.3) is 0 Å². The zero-order valence-electron chi connectivity index (χ0n) is 9.21. The van der Waals surface area contributed by atoms with Crippen LogP contribution in [0.2, 0.25) is 5.02 Å². The lowest BCUT2D eigenvalue weighted by molar-refractivity contribution is 0.473. The van der Waals surface area contributed by atoms with Gasteiger partial charge in [-0.15, -0.1) is 0 Å². The van der Waals surface area contributed by atoms with E-state index in [-0.39, 0.29) is 5.02 Å². The summed E-state index contributed by atoms with van der Waals surface area (Å²) in [5.74, 6) is 0.540. The Kier molecular flexibility index (Phi) is 3.20. The lowest BCUT2D eigenvalue weighted by Gasteiger charge is -2.09. The first-order chi connectivity index (χ1) is 8.06. The summed E-state index contributed by atoms with van der Waals surface area (Å²) in [6, 6.07) is 9.59. The third-order valence-corrected chi connectivity index (χ3v) is 2.62. The number of anilines is 1. The normalized spacial score (nSPS) is 10.3. The fourth-order valence-corrected chi connectivity index (χ4v) is 1.57. The van der Waals surface area contributed by atoms with Gasteiger partial charge < -0.3 is 10.5 Å². The summed E-state index contributed by atoms with van der Waals surface area (Å²) in [5.41, 5.74) is 7.19. The number of ether oxygens (including phenoxy) is 1. The van der Waals surface area contributed by atoms with Crippen molar-refractivity contribution in [2.75, 3.05) is 5.73 Å². The van der Waals surface area contributed by atoms with E-state index < -0.39 is 5.82 Å². The molecule has 4 heteroatoms. The largest absolute Gasteiger partial charge is 0.457 e. The molecule has 0 atom stereocenters. The summed E-state index contributed by atoms with van der Waals surface area (Å²) < 4.78 is 18.8. The Balaban J connectivity index is 2.28. The van der Waals surface area contributed by atoms with Crippen molar-refractivity contribution in [3.63, 3.8) is 0 Å². The molecule has 0 spiro atoms. The van der Waals surface area contributed by atoms with Crippen molar-refractivity contribution in [3.8, 4) is 11.5 Å². The van der Waals surface area contributed by atoms with Crippen LogP contribution in [0, 0.1) is 12.7 Å². The minimum atomic E-state index is -0.503. The summed E-state index contributed by atoms with van der Waals surface area (Å²) >= 11 is 5.59. The van der Waals surface area contributed by atoms with Crippen LogP contribution < -0.4 is 10.5 Å². The molecule has 88 valence electrons. The molecule has 0 aliphatic carbocycles. The molecule has 2 N–H and O–H groups in total. The number of hydrogen-bond donors (Lipinski definition) is 1. The van der Waals surface area contributed by atoms with Crippen LogP contribution >= 0.6 is 11.6 Å². The number of aryl methyl sites for hydroxylation is 1. The van der Waals surface area contributed by atoms with Gasteiger partial charge in [-0.05, 0) is 42.8 Å². The monoisotopic (exact) mass is 251 g/mol. The molecule has 0 fully saturated rings. The molecule has 2 nitrogen and oxygen atoms in total. The molecule has 0 amide bonds. The van der Waals surface area contributed by atoms with Gasteiger partial charge in [0.15, 0.2) is 0 Å². The second-order valence-electron chi connectivity index (χ2n) is 3.70. The van der Waals surface area contributed by atoms with E-state index in [1.54, 1.807) is 24.3 Å². The Morgan fingerprint density at radius 3 is 2.59 bits per heavy atom. The summed E-state index contributed by atoms with van der Waals surface area (Å²) in [4.78, 5) is 0. The van der Waals surface area contributed by atoms with Crippen LogP contribution in [-0.2, 0) is 0 Å². The molecule has 0 radical (unpaired) electrons. The fraction of sp³-hybridized carbons (Fsp3) is 0.0769. The van der Waals surface area contributed by atoms with Crippen molar-refractivity contribution in [3.05, 3.63) is 52.8 Å². The van der Waals surface area contributed by atoms with Gasteiger partial charge in [-0.2, -0.15) is 0 Å². The third-order valence-electron chi connectivity index (χ3n) is 2.32. The zero-order valence-corrected chi connectivity index (χ0v) is 9.96. The van der Waals surface area contributed by atoms with Gasteiger partial charge in [0.05, 0.1) is 5.02 Å². The number of hydrogen-bond acceptors (Lipinski definition) is 2. The fourth-order valence-electron chi connectivity index (χ4n) is 1.45. The first-order valence-corrected chi connectivity index (χ1v) is 5.43. The quantitative estimate of drug-likeness (QED) is 0.814. The van der Waals surface area contributed by atoms with Crippen molar-refractivity contribution in [2.24, 2.45) is 0 Å². The Morgan fingerprint density at radius 2 is 1.94 bits per heavy atom. The van der Waals surface area contributed by atoms with Gasteiger partial charge in [-0.25, -0.2) is 4.39 Å². The Bertz CT molecular complexity index is 557. The molecule has 0 aliphatic rings. The molecule has 2 aromatic carbocycles. The number of nitrogen functional groups attached to an aromatic ring is 1. The van der Waals surface area contributed by atoms with Crippen LogP contribution in [-0.4, -0.2) is 0 Å². The van der Waals surface area contributed by atoms with Gasteiger partial charge in [0.1, 0.15) is 17.3 Å². The molecular weight excluding hydrogens is 241 g/mol. The lowest BCUT2D eigenvalue weighted by Crippen LogP contribution is -1.91. The molecule has 0 heterocycles. The average molecular weight is 252 g/mol. The first-order valence-electron chi connectivity index (χ1n) is 5.05. The zero-order chi connectivity index (χ0) is 12.4.